The number of non-ortho nitro benzene ring substituents is 1. The molecule has 33 heavy (non-hydrogen) atoms. The van der Waals surface area contributed by atoms with Gasteiger partial charge in [-0.25, -0.2) is 8.42 Å². The van der Waals surface area contributed by atoms with Gasteiger partial charge in [0.25, 0.3) is 5.69 Å². The van der Waals surface area contributed by atoms with E-state index in [-0.39, 0.29) is 23.0 Å². The Morgan fingerprint density at radius 3 is 2.42 bits per heavy atom. The molecule has 9 nitrogen and oxygen atoms in total. The lowest BCUT2D eigenvalue weighted by atomic mass is 9.97. The second kappa shape index (κ2) is 9.98. The van der Waals surface area contributed by atoms with Gasteiger partial charge in [-0.2, -0.15) is 4.31 Å². The molecule has 1 atom stereocenters. The number of piperidine rings is 1. The van der Waals surface area contributed by atoms with Crippen LogP contribution < -0.4 is 0 Å². The lowest BCUT2D eigenvalue weighted by molar-refractivity contribution is -0.385. The van der Waals surface area contributed by atoms with Crippen LogP contribution in [0.15, 0.2) is 59.5 Å². The minimum absolute atomic E-state index is 0.00620. The van der Waals surface area contributed by atoms with Crippen LogP contribution in [0.5, 0.6) is 0 Å². The molecule has 10 heteroatoms. The number of nitro groups is 1. The number of nitro benzene ring substituents is 1. The van der Waals surface area contributed by atoms with Gasteiger partial charge in [0, 0.05) is 57.9 Å². The summed E-state index contributed by atoms with van der Waals surface area (Å²) in [7, 11) is -3.91. The first-order chi connectivity index (χ1) is 15.8. The van der Waals surface area contributed by atoms with E-state index in [1.807, 2.05) is 23.1 Å². The van der Waals surface area contributed by atoms with Crippen LogP contribution >= 0.6 is 0 Å². The van der Waals surface area contributed by atoms with Crippen molar-refractivity contribution in [2.75, 3.05) is 39.3 Å². The normalized spacial score (nSPS) is 20.5. The number of benzene rings is 2. The number of carbonyl (C=O) groups excluding carboxylic acids is 1. The van der Waals surface area contributed by atoms with Gasteiger partial charge in [-0.3, -0.25) is 19.8 Å². The van der Waals surface area contributed by atoms with Crippen LogP contribution in [0.1, 0.15) is 18.4 Å². The fraction of sp³-hybridized carbons (Fsp3) is 0.435. The summed E-state index contributed by atoms with van der Waals surface area (Å²) in [6, 6.07) is 15.3. The number of hydrogen-bond donors (Lipinski definition) is 0. The molecule has 0 N–H and O–H groups in total. The summed E-state index contributed by atoms with van der Waals surface area (Å²) in [5.74, 6) is -0.402. The Hall–Kier alpha value is -2.82. The van der Waals surface area contributed by atoms with Crippen molar-refractivity contribution in [3.63, 3.8) is 0 Å². The van der Waals surface area contributed by atoms with Crippen molar-refractivity contribution in [3.05, 3.63) is 70.3 Å². The fourth-order valence-electron chi connectivity index (χ4n) is 4.50. The molecule has 0 spiro atoms. The zero-order chi connectivity index (χ0) is 23.4. The van der Waals surface area contributed by atoms with Crippen molar-refractivity contribution in [1.82, 2.24) is 14.1 Å². The molecule has 0 radical (unpaired) electrons. The smallest absolute Gasteiger partial charge is 0.270 e. The van der Waals surface area contributed by atoms with Gasteiger partial charge in [0.05, 0.1) is 15.7 Å². The highest BCUT2D eigenvalue weighted by molar-refractivity contribution is 7.89. The number of carbonyl (C=O) groups is 1. The zero-order valence-corrected chi connectivity index (χ0v) is 19.2. The molecule has 1 unspecified atom stereocenters. The molecule has 4 rings (SSSR count). The molecule has 1 amide bonds. The third-order valence-corrected chi connectivity index (χ3v) is 8.19. The van der Waals surface area contributed by atoms with Gasteiger partial charge in [-0.1, -0.05) is 36.4 Å². The van der Waals surface area contributed by atoms with E-state index in [9.17, 15) is 23.3 Å². The molecule has 0 bridgehead atoms. The van der Waals surface area contributed by atoms with Crippen LogP contribution in [0.4, 0.5) is 5.69 Å². The zero-order valence-electron chi connectivity index (χ0n) is 18.4. The largest absolute Gasteiger partial charge is 0.340 e. The molecule has 2 aliphatic rings. The summed E-state index contributed by atoms with van der Waals surface area (Å²) >= 11 is 0. The SMILES string of the molecule is O=C(C1CCCN(S(=O)(=O)c2cccc([N+](=O)[O-])c2)C1)N1CCN(Cc2ccccc2)CC1. The maximum Gasteiger partial charge on any atom is 0.270 e. The van der Waals surface area contributed by atoms with E-state index in [0.717, 1.165) is 25.7 Å². The molecule has 176 valence electrons. The first-order valence-corrected chi connectivity index (χ1v) is 12.6. The molecule has 0 aromatic heterocycles. The Kier molecular flexibility index (Phi) is 7.06. The first-order valence-electron chi connectivity index (χ1n) is 11.1. The van der Waals surface area contributed by atoms with Gasteiger partial charge in [0.2, 0.25) is 15.9 Å². The topological polar surface area (TPSA) is 104 Å². The molecule has 0 aliphatic carbocycles. The number of amides is 1. The summed E-state index contributed by atoms with van der Waals surface area (Å²) < 4.78 is 27.5. The lowest BCUT2D eigenvalue weighted by Crippen LogP contribution is -2.52. The van der Waals surface area contributed by atoms with E-state index in [2.05, 4.69) is 17.0 Å². The number of hydrogen-bond acceptors (Lipinski definition) is 6. The van der Waals surface area contributed by atoms with Gasteiger partial charge in [-0.15, -0.1) is 0 Å². The molecular formula is C23H28N4O5S. The van der Waals surface area contributed by atoms with Crippen LogP contribution in [-0.4, -0.2) is 72.6 Å². The summed E-state index contributed by atoms with van der Waals surface area (Å²) in [5.41, 5.74) is 0.973. The van der Waals surface area contributed by atoms with Crippen molar-refractivity contribution in [2.45, 2.75) is 24.3 Å². The maximum atomic E-state index is 13.2. The van der Waals surface area contributed by atoms with E-state index in [1.54, 1.807) is 0 Å². The minimum Gasteiger partial charge on any atom is -0.340 e. The molecule has 2 saturated heterocycles. The van der Waals surface area contributed by atoms with Crippen molar-refractivity contribution in [2.24, 2.45) is 5.92 Å². The Bertz CT molecular complexity index is 1100. The first kappa shape index (κ1) is 23.3. The van der Waals surface area contributed by atoms with Crippen molar-refractivity contribution >= 4 is 21.6 Å². The third-order valence-electron chi connectivity index (χ3n) is 6.33. The summed E-state index contributed by atoms with van der Waals surface area (Å²) in [5, 5.41) is 11.0. The second-order valence-electron chi connectivity index (χ2n) is 8.54. The van der Waals surface area contributed by atoms with Crippen molar-refractivity contribution in [3.8, 4) is 0 Å². The second-order valence-corrected chi connectivity index (χ2v) is 10.5. The number of piperazine rings is 1. The van der Waals surface area contributed by atoms with Crippen molar-refractivity contribution in [1.29, 1.82) is 0 Å². The Balaban J connectivity index is 1.37. The maximum absolute atomic E-state index is 13.2. The van der Waals surface area contributed by atoms with Gasteiger partial charge >= 0.3 is 0 Å². The highest BCUT2D eigenvalue weighted by Crippen LogP contribution is 2.27. The van der Waals surface area contributed by atoms with E-state index in [0.29, 0.717) is 32.5 Å². The van der Waals surface area contributed by atoms with E-state index < -0.39 is 20.9 Å². The van der Waals surface area contributed by atoms with Crippen LogP contribution in [0.3, 0.4) is 0 Å². The van der Waals surface area contributed by atoms with Gasteiger partial charge in [0.1, 0.15) is 0 Å². The van der Waals surface area contributed by atoms with Crippen LogP contribution in [0.2, 0.25) is 0 Å². The van der Waals surface area contributed by atoms with Crippen LogP contribution in [0, 0.1) is 16.0 Å². The predicted octanol–water partition coefficient (Wildman–Crippen LogP) is 2.34. The summed E-state index contributed by atoms with van der Waals surface area (Å²) in [6.07, 6.45) is 1.22. The summed E-state index contributed by atoms with van der Waals surface area (Å²) in [4.78, 5) is 27.6. The number of rotatable bonds is 6. The monoisotopic (exact) mass is 472 g/mol. The average Bonchev–Trinajstić information content (AvgIpc) is 2.85. The highest BCUT2D eigenvalue weighted by Gasteiger charge is 2.36. The van der Waals surface area contributed by atoms with Crippen LogP contribution in [0.25, 0.3) is 0 Å². The molecule has 2 aromatic carbocycles. The predicted molar refractivity (Wildman–Crippen MR) is 123 cm³/mol. The van der Waals surface area contributed by atoms with Gasteiger partial charge in [-0.05, 0) is 24.5 Å². The standard InChI is InChI=1S/C23H28N4O5S/c28-23(25-14-12-24(13-15-25)17-19-6-2-1-3-7-19)20-8-5-11-26(18-20)33(31,32)22-10-4-9-21(16-22)27(29)30/h1-4,6-7,9-10,16,20H,5,8,11-15,17-18H2. The lowest BCUT2D eigenvalue weighted by Gasteiger charge is -2.38. The third kappa shape index (κ3) is 5.40. The molecule has 2 aliphatic heterocycles. The average molecular weight is 473 g/mol. The highest BCUT2D eigenvalue weighted by atomic mass is 32.2. The molecule has 2 aromatic rings. The fourth-order valence-corrected chi connectivity index (χ4v) is 6.06. The van der Waals surface area contributed by atoms with Crippen LogP contribution in [-0.2, 0) is 21.4 Å². The Morgan fingerprint density at radius 2 is 1.73 bits per heavy atom. The van der Waals surface area contributed by atoms with E-state index in [1.165, 1.54) is 28.1 Å². The quantitative estimate of drug-likeness (QED) is 0.472. The molecule has 0 saturated carbocycles. The molecule has 2 fully saturated rings. The minimum atomic E-state index is -3.91. The number of sulfonamides is 1. The number of nitrogens with zero attached hydrogens (tertiary/aromatic N) is 4. The Labute approximate surface area is 193 Å². The van der Waals surface area contributed by atoms with E-state index >= 15 is 0 Å². The Morgan fingerprint density at radius 1 is 1.00 bits per heavy atom. The van der Waals surface area contributed by atoms with Gasteiger partial charge in [0.15, 0.2) is 0 Å². The molecular weight excluding hydrogens is 444 g/mol. The molecule has 2 heterocycles. The van der Waals surface area contributed by atoms with E-state index in [4.69, 9.17) is 0 Å². The van der Waals surface area contributed by atoms with Gasteiger partial charge < -0.3 is 4.90 Å². The van der Waals surface area contributed by atoms with Crippen molar-refractivity contribution < 1.29 is 18.1 Å². The summed E-state index contributed by atoms with van der Waals surface area (Å²) in [6.45, 7) is 4.07.